The second-order valence-corrected chi connectivity index (χ2v) is 8.94. The Morgan fingerprint density at radius 3 is 2.47 bits per heavy atom. The number of carbonyl (C=O) groups is 2. The number of amides is 2. The standard InChI is InChI=1S/C28H39N3O5/c1-6-30(7-2)24(21-9-8-10-23(16-21)34-3)18-29-28(33)22-17-27(32)31(19-22)14-13-20-11-12-25(35-4)26(15-20)36-5/h8-12,15-16,22,24H,6-7,13-14,17-19H2,1-5H3,(H,29,33). The zero-order chi connectivity index (χ0) is 26.1. The number of ether oxygens (including phenoxy) is 3. The van der Waals surface area contributed by atoms with E-state index in [1.54, 1.807) is 26.2 Å². The predicted octanol–water partition coefficient (Wildman–Crippen LogP) is 3.30. The van der Waals surface area contributed by atoms with E-state index >= 15 is 0 Å². The van der Waals surface area contributed by atoms with Crippen molar-refractivity contribution in [3.05, 3.63) is 53.6 Å². The highest BCUT2D eigenvalue weighted by atomic mass is 16.5. The number of rotatable bonds is 13. The van der Waals surface area contributed by atoms with Gasteiger partial charge in [0.1, 0.15) is 5.75 Å². The molecule has 1 N–H and O–H groups in total. The summed E-state index contributed by atoms with van der Waals surface area (Å²) in [6.45, 7) is 7.43. The average molecular weight is 498 g/mol. The first-order valence-corrected chi connectivity index (χ1v) is 12.6. The maximum absolute atomic E-state index is 13.1. The van der Waals surface area contributed by atoms with Crippen LogP contribution in [0.15, 0.2) is 42.5 Å². The highest BCUT2D eigenvalue weighted by Gasteiger charge is 2.34. The van der Waals surface area contributed by atoms with Crippen LogP contribution in [0, 0.1) is 5.92 Å². The van der Waals surface area contributed by atoms with Crippen molar-refractivity contribution < 1.29 is 23.8 Å². The van der Waals surface area contributed by atoms with E-state index in [4.69, 9.17) is 14.2 Å². The molecule has 3 rings (SSSR count). The summed E-state index contributed by atoms with van der Waals surface area (Å²) in [5.74, 6) is 1.74. The fourth-order valence-electron chi connectivity index (χ4n) is 4.78. The van der Waals surface area contributed by atoms with Crippen molar-refractivity contribution >= 4 is 11.8 Å². The van der Waals surface area contributed by atoms with Crippen molar-refractivity contribution in [2.75, 3.05) is 54.1 Å². The molecule has 0 spiro atoms. The Balaban J connectivity index is 1.59. The lowest BCUT2D eigenvalue weighted by Crippen LogP contribution is -2.40. The van der Waals surface area contributed by atoms with Gasteiger partial charge in [0.05, 0.1) is 33.3 Å². The number of nitrogens with zero attached hydrogens (tertiary/aromatic N) is 2. The van der Waals surface area contributed by atoms with Gasteiger partial charge < -0.3 is 24.4 Å². The van der Waals surface area contributed by atoms with Gasteiger partial charge in [0.15, 0.2) is 11.5 Å². The van der Waals surface area contributed by atoms with Gasteiger partial charge in [0.2, 0.25) is 11.8 Å². The third-order valence-corrected chi connectivity index (χ3v) is 6.90. The lowest BCUT2D eigenvalue weighted by molar-refractivity contribution is -0.129. The Kier molecular flexibility index (Phi) is 9.99. The molecular weight excluding hydrogens is 458 g/mol. The van der Waals surface area contributed by atoms with Gasteiger partial charge in [-0.15, -0.1) is 0 Å². The van der Waals surface area contributed by atoms with Gasteiger partial charge in [-0.2, -0.15) is 0 Å². The predicted molar refractivity (Wildman–Crippen MR) is 140 cm³/mol. The number of likely N-dealkylation sites (tertiary alicyclic amines) is 1. The molecule has 8 heteroatoms. The number of hydrogen-bond acceptors (Lipinski definition) is 6. The molecule has 1 saturated heterocycles. The van der Waals surface area contributed by atoms with Crippen molar-refractivity contribution in [3.63, 3.8) is 0 Å². The van der Waals surface area contributed by atoms with Crippen molar-refractivity contribution in [2.45, 2.75) is 32.7 Å². The van der Waals surface area contributed by atoms with Crippen LogP contribution in [0.1, 0.15) is 37.4 Å². The van der Waals surface area contributed by atoms with Crippen LogP contribution < -0.4 is 19.5 Å². The summed E-state index contributed by atoms with van der Waals surface area (Å²) in [5, 5.41) is 3.12. The molecule has 1 aliphatic rings. The number of likely N-dealkylation sites (N-methyl/N-ethyl adjacent to an activating group) is 1. The van der Waals surface area contributed by atoms with E-state index in [0.717, 1.165) is 30.0 Å². The summed E-state index contributed by atoms with van der Waals surface area (Å²) < 4.78 is 16.1. The summed E-state index contributed by atoms with van der Waals surface area (Å²) in [5.41, 5.74) is 2.14. The van der Waals surface area contributed by atoms with Crippen molar-refractivity contribution in [3.8, 4) is 17.2 Å². The first-order chi connectivity index (χ1) is 17.4. The molecule has 1 fully saturated rings. The van der Waals surface area contributed by atoms with Crippen LogP contribution in [0.5, 0.6) is 17.2 Å². The largest absolute Gasteiger partial charge is 0.497 e. The van der Waals surface area contributed by atoms with E-state index in [2.05, 4.69) is 30.1 Å². The Bertz CT molecular complexity index is 1020. The zero-order valence-corrected chi connectivity index (χ0v) is 22.1. The van der Waals surface area contributed by atoms with Crippen molar-refractivity contribution in [1.29, 1.82) is 0 Å². The number of nitrogens with one attached hydrogen (secondary N) is 1. The zero-order valence-electron chi connectivity index (χ0n) is 22.1. The SMILES string of the molecule is CCN(CC)C(CNC(=O)C1CC(=O)N(CCc2ccc(OC)c(OC)c2)C1)c1cccc(OC)c1. The average Bonchev–Trinajstić information content (AvgIpc) is 3.29. The van der Waals surface area contributed by atoms with Crippen LogP contribution in [0.25, 0.3) is 0 Å². The third-order valence-electron chi connectivity index (χ3n) is 6.90. The molecule has 0 bridgehead atoms. The smallest absolute Gasteiger partial charge is 0.225 e. The molecule has 2 aromatic carbocycles. The van der Waals surface area contributed by atoms with Crippen LogP contribution in [-0.2, 0) is 16.0 Å². The minimum absolute atomic E-state index is 0.0173. The minimum Gasteiger partial charge on any atom is -0.497 e. The van der Waals surface area contributed by atoms with Gasteiger partial charge in [-0.1, -0.05) is 32.0 Å². The Labute approximate surface area is 214 Å². The lowest BCUT2D eigenvalue weighted by Gasteiger charge is -2.30. The summed E-state index contributed by atoms with van der Waals surface area (Å²) >= 11 is 0. The molecule has 1 aliphatic heterocycles. The molecule has 2 unspecified atom stereocenters. The number of hydrogen-bond donors (Lipinski definition) is 1. The normalized spacial score (nSPS) is 16.2. The fourth-order valence-corrected chi connectivity index (χ4v) is 4.78. The molecule has 0 aliphatic carbocycles. The molecule has 0 saturated carbocycles. The molecule has 0 radical (unpaired) electrons. The highest BCUT2D eigenvalue weighted by molar-refractivity contribution is 5.89. The van der Waals surface area contributed by atoms with Gasteiger partial charge >= 0.3 is 0 Å². The van der Waals surface area contributed by atoms with Crippen molar-refractivity contribution in [2.24, 2.45) is 5.92 Å². The summed E-state index contributed by atoms with van der Waals surface area (Å²) in [4.78, 5) is 29.8. The van der Waals surface area contributed by atoms with Crippen LogP contribution in [0.4, 0.5) is 0 Å². The molecule has 8 nitrogen and oxygen atoms in total. The van der Waals surface area contributed by atoms with E-state index in [1.165, 1.54) is 0 Å². The molecule has 196 valence electrons. The molecular formula is C28H39N3O5. The second kappa shape index (κ2) is 13.2. The summed E-state index contributed by atoms with van der Waals surface area (Å²) in [6.07, 6.45) is 0.924. The molecule has 2 amide bonds. The topological polar surface area (TPSA) is 80.3 Å². The number of methoxy groups -OCH3 is 3. The Morgan fingerprint density at radius 1 is 1.06 bits per heavy atom. The molecule has 36 heavy (non-hydrogen) atoms. The van der Waals surface area contributed by atoms with E-state index in [0.29, 0.717) is 37.6 Å². The van der Waals surface area contributed by atoms with Gasteiger partial charge in [0.25, 0.3) is 0 Å². The quantitative estimate of drug-likeness (QED) is 0.457. The maximum Gasteiger partial charge on any atom is 0.225 e. The van der Waals surface area contributed by atoms with E-state index < -0.39 is 0 Å². The Hall–Kier alpha value is -3.26. The monoisotopic (exact) mass is 497 g/mol. The molecule has 0 aromatic heterocycles. The first kappa shape index (κ1) is 27.3. The first-order valence-electron chi connectivity index (χ1n) is 12.6. The van der Waals surface area contributed by atoms with Crippen molar-refractivity contribution in [1.82, 2.24) is 15.1 Å². The molecule has 2 aromatic rings. The van der Waals surface area contributed by atoms with Gasteiger partial charge in [-0.3, -0.25) is 14.5 Å². The van der Waals surface area contributed by atoms with Gasteiger partial charge in [-0.25, -0.2) is 0 Å². The van der Waals surface area contributed by atoms with Crippen LogP contribution >= 0.6 is 0 Å². The summed E-state index contributed by atoms with van der Waals surface area (Å²) in [6, 6.07) is 13.8. The second-order valence-electron chi connectivity index (χ2n) is 8.94. The van der Waals surface area contributed by atoms with Gasteiger partial charge in [-0.05, 0) is 54.9 Å². The van der Waals surface area contributed by atoms with Crippen LogP contribution in [-0.4, -0.2) is 75.7 Å². The number of benzene rings is 2. The van der Waals surface area contributed by atoms with E-state index in [9.17, 15) is 9.59 Å². The van der Waals surface area contributed by atoms with Crippen LogP contribution in [0.2, 0.25) is 0 Å². The third kappa shape index (κ3) is 6.69. The number of carbonyl (C=O) groups excluding carboxylic acids is 2. The molecule has 2 atom stereocenters. The minimum atomic E-state index is -0.342. The molecule has 1 heterocycles. The van der Waals surface area contributed by atoms with E-state index in [1.807, 2.05) is 36.4 Å². The maximum atomic E-state index is 13.1. The van der Waals surface area contributed by atoms with Gasteiger partial charge in [0, 0.05) is 26.1 Å². The highest BCUT2D eigenvalue weighted by Crippen LogP contribution is 2.28. The Morgan fingerprint density at radius 2 is 1.81 bits per heavy atom. The van der Waals surface area contributed by atoms with E-state index in [-0.39, 0.29) is 30.2 Å². The lowest BCUT2D eigenvalue weighted by atomic mass is 10.0. The summed E-state index contributed by atoms with van der Waals surface area (Å²) in [7, 11) is 4.86. The fraction of sp³-hybridized carbons (Fsp3) is 0.500. The van der Waals surface area contributed by atoms with Crippen LogP contribution in [0.3, 0.4) is 0 Å².